The van der Waals surface area contributed by atoms with Crippen LogP contribution in [-0.2, 0) is 0 Å². The van der Waals surface area contributed by atoms with Crippen LogP contribution >= 0.6 is 23.2 Å². The Morgan fingerprint density at radius 1 is 1.25 bits per heavy atom. The van der Waals surface area contributed by atoms with Gasteiger partial charge in [-0.05, 0) is 49.7 Å². The molecule has 0 fully saturated rings. The molecule has 0 saturated carbocycles. The average Bonchev–Trinajstić information content (AvgIpc) is 2.58. The zero-order valence-electron chi connectivity index (χ0n) is 13.4. The van der Waals surface area contributed by atoms with Gasteiger partial charge in [0.15, 0.2) is 0 Å². The molecule has 0 aromatic heterocycles. The summed E-state index contributed by atoms with van der Waals surface area (Å²) in [5.74, 6) is 0. The monoisotopic (exact) mass is 361 g/mol. The highest BCUT2D eigenvalue weighted by Gasteiger charge is 2.20. The van der Waals surface area contributed by atoms with E-state index in [4.69, 9.17) is 28.5 Å². The van der Waals surface area contributed by atoms with Crippen molar-refractivity contribution in [1.82, 2.24) is 4.90 Å². The van der Waals surface area contributed by atoms with Crippen LogP contribution in [0.1, 0.15) is 31.0 Å². The summed E-state index contributed by atoms with van der Waals surface area (Å²) in [5.41, 5.74) is 2.05. The molecule has 0 aliphatic carbocycles. The number of carbonyl (C=O) groups excluding carboxylic acids is 1. The standard InChI is InChI=1S/C18H17Cl2N3O/c1-3-23(12(2)14-6-4-13(11-21)5-7-14)18(24)22-17-9-8-15(19)10-16(17)20/h4-10,12H,3H2,1-2H3,(H,22,24). The third kappa shape index (κ3) is 4.19. The maximum Gasteiger partial charge on any atom is 0.322 e. The van der Waals surface area contributed by atoms with Gasteiger partial charge in [-0.1, -0.05) is 35.3 Å². The van der Waals surface area contributed by atoms with Gasteiger partial charge in [0.05, 0.1) is 28.4 Å². The van der Waals surface area contributed by atoms with E-state index < -0.39 is 0 Å². The smallest absolute Gasteiger partial charge is 0.318 e. The minimum atomic E-state index is -0.251. The second-order valence-electron chi connectivity index (χ2n) is 5.25. The van der Waals surface area contributed by atoms with Crippen LogP contribution in [0, 0.1) is 11.3 Å². The minimum absolute atomic E-state index is 0.145. The molecule has 1 atom stereocenters. The van der Waals surface area contributed by atoms with Crippen molar-refractivity contribution in [3.05, 3.63) is 63.6 Å². The molecule has 2 amide bonds. The predicted octanol–water partition coefficient (Wildman–Crippen LogP) is 5.48. The van der Waals surface area contributed by atoms with Crippen LogP contribution in [0.4, 0.5) is 10.5 Å². The van der Waals surface area contributed by atoms with E-state index in [2.05, 4.69) is 11.4 Å². The number of urea groups is 1. The largest absolute Gasteiger partial charge is 0.322 e. The first-order chi connectivity index (χ1) is 11.5. The molecular formula is C18H17Cl2N3O. The summed E-state index contributed by atoms with van der Waals surface area (Å²) >= 11 is 12.0. The van der Waals surface area contributed by atoms with Crippen molar-refractivity contribution >= 4 is 34.9 Å². The lowest BCUT2D eigenvalue weighted by Gasteiger charge is -2.28. The number of hydrogen-bond acceptors (Lipinski definition) is 2. The molecule has 124 valence electrons. The van der Waals surface area contributed by atoms with Gasteiger partial charge in [0.1, 0.15) is 0 Å². The fourth-order valence-electron chi connectivity index (χ4n) is 2.39. The van der Waals surface area contributed by atoms with Gasteiger partial charge in [0.25, 0.3) is 0 Å². The van der Waals surface area contributed by atoms with Gasteiger partial charge >= 0.3 is 6.03 Å². The number of halogens is 2. The molecule has 1 N–H and O–H groups in total. The van der Waals surface area contributed by atoms with E-state index >= 15 is 0 Å². The zero-order valence-corrected chi connectivity index (χ0v) is 14.9. The van der Waals surface area contributed by atoms with Gasteiger partial charge in [-0.2, -0.15) is 5.26 Å². The lowest BCUT2D eigenvalue weighted by molar-refractivity contribution is 0.197. The van der Waals surface area contributed by atoms with Gasteiger partial charge in [-0.3, -0.25) is 0 Å². The van der Waals surface area contributed by atoms with Crippen LogP contribution in [0.3, 0.4) is 0 Å². The average molecular weight is 362 g/mol. The molecule has 0 spiro atoms. The molecule has 2 aromatic carbocycles. The Hall–Kier alpha value is -2.22. The third-order valence-corrected chi connectivity index (χ3v) is 4.31. The molecule has 0 heterocycles. The number of nitriles is 1. The van der Waals surface area contributed by atoms with Crippen LogP contribution in [0.5, 0.6) is 0 Å². The fourth-order valence-corrected chi connectivity index (χ4v) is 2.84. The van der Waals surface area contributed by atoms with Crippen LogP contribution in [0.25, 0.3) is 0 Å². The molecule has 0 aliphatic rings. The van der Waals surface area contributed by atoms with Crippen molar-refractivity contribution in [2.75, 3.05) is 11.9 Å². The second kappa shape index (κ2) is 8.05. The molecular weight excluding hydrogens is 345 g/mol. The zero-order chi connectivity index (χ0) is 17.7. The number of anilines is 1. The van der Waals surface area contributed by atoms with Gasteiger partial charge in [0.2, 0.25) is 0 Å². The van der Waals surface area contributed by atoms with E-state index in [1.807, 2.05) is 26.0 Å². The maximum atomic E-state index is 12.6. The van der Waals surface area contributed by atoms with Gasteiger partial charge in [-0.25, -0.2) is 4.79 Å². The second-order valence-corrected chi connectivity index (χ2v) is 6.09. The predicted molar refractivity (Wildman–Crippen MR) is 97.4 cm³/mol. The summed E-state index contributed by atoms with van der Waals surface area (Å²) in [6.07, 6.45) is 0. The molecule has 1 unspecified atom stereocenters. The molecule has 0 radical (unpaired) electrons. The summed E-state index contributed by atoms with van der Waals surface area (Å²) < 4.78 is 0. The van der Waals surface area contributed by atoms with Crippen LogP contribution in [0.2, 0.25) is 10.0 Å². The summed E-state index contributed by atoms with van der Waals surface area (Å²) in [4.78, 5) is 14.3. The van der Waals surface area contributed by atoms with Crippen molar-refractivity contribution in [3.63, 3.8) is 0 Å². The van der Waals surface area contributed by atoms with Gasteiger partial charge in [0, 0.05) is 11.6 Å². The number of rotatable bonds is 4. The Kier molecular flexibility index (Phi) is 6.08. The maximum absolute atomic E-state index is 12.6. The number of nitrogens with one attached hydrogen (secondary N) is 1. The fraction of sp³-hybridized carbons (Fsp3) is 0.222. The van der Waals surface area contributed by atoms with Crippen molar-refractivity contribution in [1.29, 1.82) is 5.26 Å². The lowest BCUT2D eigenvalue weighted by Crippen LogP contribution is -2.37. The Morgan fingerprint density at radius 3 is 2.46 bits per heavy atom. The highest BCUT2D eigenvalue weighted by atomic mass is 35.5. The van der Waals surface area contributed by atoms with Crippen molar-refractivity contribution in [2.45, 2.75) is 19.9 Å². The number of carbonyl (C=O) groups is 1. The Balaban J connectivity index is 2.16. The highest BCUT2D eigenvalue weighted by Crippen LogP contribution is 2.27. The molecule has 6 heteroatoms. The topological polar surface area (TPSA) is 56.1 Å². The third-order valence-electron chi connectivity index (χ3n) is 3.76. The van der Waals surface area contributed by atoms with Crippen molar-refractivity contribution < 1.29 is 4.79 Å². The summed E-state index contributed by atoms with van der Waals surface area (Å²) in [7, 11) is 0. The SMILES string of the molecule is CCN(C(=O)Nc1ccc(Cl)cc1Cl)C(C)c1ccc(C#N)cc1. The lowest BCUT2D eigenvalue weighted by atomic mass is 10.1. The van der Waals surface area contributed by atoms with Crippen LogP contribution in [-0.4, -0.2) is 17.5 Å². The van der Waals surface area contributed by atoms with E-state index in [9.17, 15) is 4.79 Å². The molecule has 2 aromatic rings. The molecule has 0 saturated heterocycles. The first-order valence-corrected chi connectivity index (χ1v) is 8.24. The first-order valence-electron chi connectivity index (χ1n) is 7.49. The van der Waals surface area contributed by atoms with Crippen molar-refractivity contribution in [3.8, 4) is 6.07 Å². The molecule has 0 bridgehead atoms. The number of benzene rings is 2. The summed E-state index contributed by atoms with van der Waals surface area (Å²) in [6, 6.07) is 13.8. The van der Waals surface area contributed by atoms with E-state index in [0.717, 1.165) is 5.56 Å². The van der Waals surface area contributed by atoms with E-state index in [0.29, 0.717) is 27.8 Å². The molecule has 24 heavy (non-hydrogen) atoms. The molecule has 2 rings (SSSR count). The van der Waals surface area contributed by atoms with E-state index in [-0.39, 0.29) is 12.1 Å². The summed E-state index contributed by atoms with van der Waals surface area (Å²) in [5, 5.41) is 12.6. The van der Waals surface area contributed by atoms with Crippen LogP contribution in [0.15, 0.2) is 42.5 Å². The molecule has 0 aliphatic heterocycles. The Labute approximate surface area is 151 Å². The van der Waals surface area contributed by atoms with E-state index in [1.165, 1.54) is 0 Å². The summed E-state index contributed by atoms with van der Waals surface area (Å²) in [6.45, 7) is 4.37. The number of amides is 2. The minimum Gasteiger partial charge on any atom is -0.318 e. The highest BCUT2D eigenvalue weighted by molar-refractivity contribution is 6.36. The van der Waals surface area contributed by atoms with Gasteiger partial charge in [-0.15, -0.1) is 0 Å². The van der Waals surface area contributed by atoms with Crippen LogP contribution < -0.4 is 5.32 Å². The number of nitrogens with zero attached hydrogens (tertiary/aromatic N) is 2. The quantitative estimate of drug-likeness (QED) is 0.783. The Bertz CT molecular complexity index is 769. The number of hydrogen-bond donors (Lipinski definition) is 1. The van der Waals surface area contributed by atoms with Gasteiger partial charge < -0.3 is 10.2 Å². The normalized spacial score (nSPS) is 11.5. The van der Waals surface area contributed by atoms with Crippen molar-refractivity contribution in [2.24, 2.45) is 0 Å². The molecule has 4 nitrogen and oxygen atoms in total. The first kappa shape index (κ1) is 18.1. The van der Waals surface area contributed by atoms with E-state index in [1.54, 1.807) is 35.2 Å². The Morgan fingerprint density at radius 2 is 1.92 bits per heavy atom.